The first-order valence-electron chi connectivity index (χ1n) is 13.7. The first-order valence-corrected chi connectivity index (χ1v) is 13.7. The Morgan fingerprint density at radius 3 is 2.45 bits per heavy atom. The first-order chi connectivity index (χ1) is 21.3. The van der Waals surface area contributed by atoms with Crippen LogP contribution in [0.1, 0.15) is 40.2 Å². The Morgan fingerprint density at radius 2 is 1.77 bits per heavy atom. The van der Waals surface area contributed by atoms with Gasteiger partial charge in [-0.25, -0.2) is 10.4 Å². The van der Waals surface area contributed by atoms with Crippen LogP contribution in [0.3, 0.4) is 0 Å². The zero-order chi connectivity index (χ0) is 31.1. The summed E-state index contributed by atoms with van der Waals surface area (Å²) in [5, 5.41) is 14.9. The first kappa shape index (κ1) is 29.6. The maximum atomic E-state index is 12.6. The fourth-order valence-corrected chi connectivity index (χ4v) is 4.33. The Hall–Kier alpha value is -5.91. The van der Waals surface area contributed by atoms with Crippen LogP contribution >= 0.6 is 0 Å². The average molecular weight is 596 g/mol. The third-order valence-corrected chi connectivity index (χ3v) is 6.43. The van der Waals surface area contributed by atoms with E-state index in [1.54, 1.807) is 30.3 Å². The molecule has 0 aliphatic rings. The van der Waals surface area contributed by atoms with Crippen LogP contribution in [0, 0.1) is 24.0 Å². The number of carbonyl (C=O) groups excluding carboxylic acids is 1. The largest absolute Gasteiger partial charge is 0.490 e. The number of nitro groups is 1. The monoisotopic (exact) mass is 595 g/mol. The number of ether oxygens (including phenoxy) is 3. The summed E-state index contributed by atoms with van der Waals surface area (Å²) in [6, 6.07) is 22.9. The standard InChI is InChI=1S/C32H29N5O7/c1-4-41-30-17-23(7-14-28(30)44-31-16-10-25(19-33-31)37(39)40)18-34-35-32(38)29-15-13-27(43-29)20-42-26-11-8-24(9-12-26)36-21(2)5-6-22(36)3/h5-19H,4,20H2,1-3H3,(H,35,38)/b34-18+. The summed E-state index contributed by atoms with van der Waals surface area (Å²) in [5.41, 5.74) is 6.27. The number of aryl methyl sites for hydroxylation is 2. The van der Waals surface area contributed by atoms with Crippen LogP contribution in [0.25, 0.3) is 5.69 Å². The summed E-state index contributed by atoms with van der Waals surface area (Å²) in [4.78, 5) is 26.8. The van der Waals surface area contributed by atoms with Crippen molar-refractivity contribution in [2.24, 2.45) is 5.10 Å². The fraction of sp³-hybridized carbons (Fsp3) is 0.156. The Balaban J connectivity index is 1.15. The van der Waals surface area contributed by atoms with Crippen molar-refractivity contribution in [3.63, 3.8) is 0 Å². The summed E-state index contributed by atoms with van der Waals surface area (Å²) in [7, 11) is 0. The summed E-state index contributed by atoms with van der Waals surface area (Å²) < 4.78 is 25.0. The van der Waals surface area contributed by atoms with Gasteiger partial charge < -0.3 is 23.2 Å². The number of pyridine rings is 1. The fourth-order valence-electron chi connectivity index (χ4n) is 4.33. The SMILES string of the molecule is CCOc1cc(/C=N/NC(=O)c2ccc(COc3ccc(-n4c(C)ccc4C)cc3)o2)ccc1Oc1ccc([N+](=O)[O-])cn1. The van der Waals surface area contributed by atoms with Crippen LogP contribution in [-0.2, 0) is 6.61 Å². The molecule has 2 aromatic carbocycles. The molecule has 44 heavy (non-hydrogen) atoms. The molecule has 12 heteroatoms. The van der Waals surface area contributed by atoms with Gasteiger partial charge in [-0.05, 0) is 93.1 Å². The minimum Gasteiger partial charge on any atom is -0.490 e. The second-order valence-electron chi connectivity index (χ2n) is 9.55. The smallest absolute Gasteiger partial charge is 0.307 e. The third-order valence-electron chi connectivity index (χ3n) is 6.43. The van der Waals surface area contributed by atoms with Crippen molar-refractivity contribution in [3.05, 3.63) is 124 Å². The maximum absolute atomic E-state index is 12.6. The van der Waals surface area contributed by atoms with Gasteiger partial charge in [0.05, 0.1) is 17.7 Å². The van der Waals surface area contributed by atoms with Crippen LogP contribution in [-0.4, -0.2) is 33.2 Å². The molecule has 1 amide bonds. The average Bonchev–Trinajstić information content (AvgIpc) is 3.64. The lowest BCUT2D eigenvalue weighted by molar-refractivity contribution is -0.385. The van der Waals surface area contributed by atoms with Crippen molar-refractivity contribution < 1.29 is 28.3 Å². The molecule has 0 spiro atoms. The Kier molecular flexibility index (Phi) is 8.99. The van der Waals surface area contributed by atoms with Crippen LogP contribution in [0.5, 0.6) is 23.1 Å². The molecule has 0 aliphatic carbocycles. The van der Waals surface area contributed by atoms with E-state index in [-0.39, 0.29) is 23.9 Å². The quantitative estimate of drug-likeness (QED) is 0.0975. The van der Waals surface area contributed by atoms with Gasteiger partial charge in [0.1, 0.15) is 24.3 Å². The van der Waals surface area contributed by atoms with E-state index in [9.17, 15) is 14.9 Å². The normalized spacial score (nSPS) is 11.0. The van der Waals surface area contributed by atoms with E-state index in [1.165, 1.54) is 18.3 Å². The van der Waals surface area contributed by atoms with E-state index in [1.807, 2.05) is 31.2 Å². The molecule has 0 unspecified atom stereocenters. The number of aromatic nitrogens is 2. The molecule has 0 saturated carbocycles. The molecule has 0 bridgehead atoms. The molecule has 5 rings (SSSR count). The van der Waals surface area contributed by atoms with Crippen LogP contribution in [0.4, 0.5) is 5.69 Å². The lowest BCUT2D eigenvalue weighted by atomic mass is 10.2. The topological polar surface area (TPSA) is 143 Å². The maximum Gasteiger partial charge on any atom is 0.307 e. The van der Waals surface area contributed by atoms with Crippen molar-refractivity contribution in [3.8, 4) is 28.8 Å². The van der Waals surface area contributed by atoms with Gasteiger partial charge in [0.15, 0.2) is 17.3 Å². The van der Waals surface area contributed by atoms with E-state index in [0.717, 1.165) is 23.3 Å². The molecular formula is C32H29N5O7. The van der Waals surface area contributed by atoms with Gasteiger partial charge in [-0.3, -0.25) is 14.9 Å². The Morgan fingerprint density at radius 1 is 1.00 bits per heavy atom. The number of carbonyl (C=O) groups is 1. The molecule has 5 aromatic rings. The predicted molar refractivity (Wildman–Crippen MR) is 162 cm³/mol. The molecule has 1 N–H and O–H groups in total. The highest BCUT2D eigenvalue weighted by Crippen LogP contribution is 2.32. The van der Waals surface area contributed by atoms with E-state index in [4.69, 9.17) is 18.6 Å². The van der Waals surface area contributed by atoms with E-state index in [2.05, 4.69) is 46.1 Å². The number of amides is 1. The minimum absolute atomic E-state index is 0.0870. The summed E-state index contributed by atoms with van der Waals surface area (Å²) in [5.74, 6) is 1.66. The van der Waals surface area contributed by atoms with Gasteiger partial charge in [0, 0.05) is 29.2 Å². The lowest BCUT2D eigenvalue weighted by Crippen LogP contribution is -2.16. The van der Waals surface area contributed by atoms with Crippen LogP contribution < -0.4 is 19.6 Å². The van der Waals surface area contributed by atoms with Gasteiger partial charge in [0.2, 0.25) is 5.88 Å². The summed E-state index contributed by atoms with van der Waals surface area (Å²) in [6.45, 7) is 6.46. The van der Waals surface area contributed by atoms with Gasteiger partial charge in [-0.15, -0.1) is 0 Å². The Bertz CT molecular complexity index is 1770. The molecule has 0 saturated heterocycles. The predicted octanol–water partition coefficient (Wildman–Crippen LogP) is 6.52. The lowest BCUT2D eigenvalue weighted by Gasteiger charge is -2.11. The van der Waals surface area contributed by atoms with Gasteiger partial charge in [-0.2, -0.15) is 5.10 Å². The number of nitrogens with zero attached hydrogens (tertiary/aromatic N) is 4. The highest BCUT2D eigenvalue weighted by atomic mass is 16.6. The second-order valence-corrected chi connectivity index (χ2v) is 9.55. The van der Waals surface area contributed by atoms with E-state index >= 15 is 0 Å². The molecule has 224 valence electrons. The van der Waals surface area contributed by atoms with E-state index in [0.29, 0.717) is 35.2 Å². The number of hydrogen-bond donors (Lipinski definition) is 1. The van der Waals surface area contributed by atoms with Crippen molar-refractivity contribution in [1.82, 2.24) is 15.0 Å². The van der Waals surface area contributed by atoms with Gasteiger partial charge >= 0.3 is 5.91 Å². The van der Waals surface area contributed by atoms with Crippen molar-refractivity contribution in [2.45, 2.75) is 27.4 Å². The molecule has 3 heterocycles. The van der Waals surface area contributed by atoms with Crippen LogP contribution in [0.2, 0.25) is 0 Å². The number of benzene rings is 2. The van der Waals surface area contributed by atoms with E-state index < -0.39 is 10.8 Å². The van der Waals surface area contributed by atoms with Crippen molar-refractivity contribution >= 4 is 17.8 Å². The van der Waals surface area contributed by atoms with Crippen molar-refractivity contribution in [2.75, 3.05) is 6.61 Å². The number of hydrogen-bond acceptors (Lipinski definition) is 9. The number of furan rings is 1. The van der Waals surface area contributed by atoms with Crippen LogP contribution in [0.15, 0.2) is 94.6 Å². The minimum atomic E-state index is -0.539. The molecule has 3 aromatic heterocycles. The molecule has 12 nitrogen and oxygen atoms in total. The number of rotatable bonds is 12. The number of hydrazone groups is 1. The molecule has 0 radical (unpaired) electrons. The molecule has 0 atom stereocenters. The molecule has 0 fully saturated rings. The summed E-state index contributed by atoms with van der Waals surface area (Å²) >= 11 is 0. The second kappa shape index (κ2) is 13.4. The third kappa shape index (κ3) is 7.10. The highest BCUT2D eigenvalue weighted by Gasteiger charge is 2.13. The summed E-state index contributed by atoms with van der Waals surface area (Å²) in [6.07, 6.45) is 2.56. The highest BCUT2D eigenvalue weighted by molar-refractivity contribution is 5.92. The Labute approximate surface area is 252 Å². The molecule has 0 aliphatic heterocycles. The molecular weight excluding hydrogens is 566 g/mol. The zero-order valence-electron chi connectivity index (χ0n) is 24.2. The number of nitrogens with one attached hydrogen (secondary N) is 1. The van der Waals surface area contributed by atoms with Gasteiger partial charge in [0.25, 0.3) is 5.69 Å². The van der Waals surface area contributed by atoms with Crippen molar-refractivity contribution in [1.29, 1.82) is 0 Å². The zero-order valence-corrected chi connectivity index (χ0v) is 24.2. The van der Waals surface area contributed by atoms with Gasteiger partial charge in [-0.1, -0.05) is 0 Å².